The van der Waals surface area contributed by atoms with Crippen LogP contribution in [-0.2, 0) is 14.3 Å². The number of esters is 1. The van der Waals surface area contributed by atoms with E-state index in [0.717, 1.165) is 31.5 Å². The fourth-order valence-electron chi connectivity index (χ4n) is 2.30. The van der Waals surface area contributed by atoms with Gasteiger partial charge in [0.25, 0.3) is 5.91 Å². The largest absolute Gasteiger partial charge is 0.452 e. The van der Waals surface area contributed by atoms with Crippen molar-refractivity contribution < 1.29 is 14.3 Å². The van der Waals surface area contributed by atoms with Crippen molar-refractivity contribution in [3.8, 4) is 0 Å². The number of halogens is 1. The van der Waals surface area contributed by atoms with Crippen molar-refractivity contribution in [3.05, 3.63) is 40.9 Å². The number of amides is 1. The van der Waals surface area contributed by atoms with Gasteiger partial charge in [0.05, 0.1) is 0 Å². The maximum atomic E-state index is 11.9. The van der Waals surface area contributed by atoms with Crippen LogP contribution in [0.3, 0.4) is 0 Å². The number of benzene rings is 1. The van der Waals surface area contributed by atoms with E-state index >= 15 is 0 Å². The molecule has 1 aromatic carbocycles. The van der Waals surface area contributed by atoms with E-state index in [1.165, 1.54) is 6.08 Å². The molecule has 0 unspecified atom stereocenters. The zero-order valence-electron chi connectivity index (χ0n) is 12.6. The molecule has 0 bridgehead atoms. The molecule has 118 valence electrons. The van der Waals surface area contributed by atoms with E-state index in [0.29, 0.717) is 10.9 Å². The molecule has 0 aromatic heterocycles. The number of hydrogen-bond donors (Lipinski definition) is 0. The zero-order chi connectivity index (χ0) is 15.9. The van der Waals surface area contributed by atoms with E-state index in [9.17, 15) is 9.59 Å². The molecule has 0 N–H and O–H groups in total. The quantitative estimate of drug-likeness (QED) is 0.632. The van der Waals surface area contributed by atoms with Crippen molar-refractivity contribution in [2.45, 2.75) is 19.8 Å². The van der Waals surface area contributed by atoms with E-state index in [1.54, 1.807) is 23.1 Å². The van der Waals surface area contributed by atoms with Gasteiger partial charge in [0.2, 0.25) is 0 Å². The molecule has 22 heavy (non-hydrogen) atoms. The third-order valence-electron chi connectivity index (χ3n) is 3.78. The molecule has 0 saturated carbocycles. The first-order valence-corrected chi connectivity index (χ1v) is 7.81. The van der Waals surface area contributed by atoms with Gasteiger partial charge in [0.15, 0.2) is 6.61 Å². The fourth-order valence-corrected chi connectivity index (χ4v) is 2.50. The molecule has 1 aromatic rings. The Balaban J connectivity index is 1.78. The maximum Gasteiger partial charge on any atom is 0.331 e. The summed E-state index contributed by atoms with van der Waals surface area (Å²) in [7, 11) is 0. The first kappa shape index (κ1) is 16.6. The third kappa shape index (κ3) is 4.88. The van der Waals surface area contributed by atoms with E-state index in [2.05, 4.69) is 6.92 Å². The average molecular weight is 322 g/mol. The molecule has 0 spiro atoms. The van der Waals surface area contributed by atoms with Gasteiger partial charge in [-0.2, -0.15) is 0 Å². The summed E-state index contributed by atoms with van der Waals surface area (Å²) in [5.74, 6) is -0.0183. The van der Waals surface area contributed by atoms with Gasteiger partial charge in [-0.05, 0) is 36.5 Å². The molecule has 1 saturated heterocycles. The number of piperidine rings is 1. The SMILES string of the molecule is CC1CCN(C(=O)COC(=O)/C=C/c2ccccc2Cl)CC1. The van der Waals surface area contributed by atoms with Gasteiger partial charge in [-0.3, -0.25) is 4.79 Å². The summed E-state index contributed by atoms with van der Waals surface area (Å²) in [4.78, 5) is 25.3. The van der Waals surface area contributed by atoms with Gasteiger partial charge in [0, 0.05) is 24.2 Å². The monoisotopic (exact) mass is 321 g/mol. The predicted molar refractivity (Wildman–Crippen MR) is 86.4 cm³/mol. The van der Waals surface area contributed by atoms with E-state index in [-0.39, 0.29) is 12.5 Å². The molecule has 0 radical (unpaired) electrons. The second-order valence-corrected chi connectivity index (χ2v) is 5.93. The van der Waals surface area contributed by atoms with Crippen molar-refractivity contribution in [1.29, 1.82) is 0 Å². The van der Waals surface area contributed by atoms with Crippen LogP contribution in [0.25, 0.3) is 6.08 Å². The first-order valence-electron chi connectivity index (χ1n) is 7.43. The Kier molecular flexibility index (Phi) is 6.01. The highest BCUT2D eigenvalue weighted by atomic mass is 35.5. The molecule has 1 amide bonds. The van der Waals surface area contributed by atoms with Gasteiger partial charge < -0.3 is 9.64 Å². The van der Waals surface area contributed by atoms with Gasteiger partial charge in [0.1, 0.15) is 0 Å². The standard InChI is InChI=1S/C17H20ClNO3/c1-13-8-10-19(11-9-13)16(20)12-22-17(21)7-6-14-4-2-3-5-15(14)18/h2-7,13H,8-12H2,1H3/b7-6+. The Labute approximate surface area is 135 Å². The van der Waals surface area contributed by atoms with Crippen molar-refractivity contribution in [2.24, 2.45) is 5.92 Å². The minimum Gasteiger partial charge on any atom is -0.452 e. The van der Waals surface area contributed by atoms with Crippen molar-refractivity contribution in [2.75, 3.05) is 19.7 Å². The second kappa shape index (κ2) is 7.99. The Hall–Kier alpha value is -1.81. The van der Waals surface area contributed by atoms with Gasteiger partial charge in [-0.1, -0.05) is 36.7 Å². The molecule has 0 atom stereocenters. The van der Waals surface area contributed by atoms with E-state index in [4.69, 9.17) is 16.3 Å². The van der Waals surface area contributed by atoms with E-state index in [1.807, 2.05) is 12.1 Å². The molecule has 0 aliphatic carbocycles. The Bertz CT molecular complexity index is 563. The Morgan fingerprint density at radius 1 is 1.32 bits per heavy atom. The first-order chi connectivity index (χ1) is 10.6. The minimum atomic E-state index is -0.543. The van der Waals surface area contributed by atoms with Crippen LogP contribution in [0, 0.1) is 5.92 Å². The van der Waals surface area contributed by atoms with Crippen molar-refractivity contribution in [1.82, 2.24) is 4.90 Å². The topological polar surface area (TPSA) is 46.6 Å². The van der Waals surface area contributed by atoms with E-state index < -0.39 is 5.97 Å². The normalized spacial score (nSPS) is 16.0. The molecule has 5 heteroatoms. The second-order valence-electron chi connectivity index (χ2n) is 5.53. The number of carbonyl (C=O) groups is 2. The highest BCUT2D eigenvalue weighted by Gasteiger charge is 2.20. The fraction of sp³-hybridized carbons (Fsp3) is 0.412. The van der Waals surface area contributed by atoms with Crippen LogP contribution in [0.4, 0.5) is 0 Å². The predicted octanol–water partition coefficient (Wildman–Crippen LogP) is 3.15. The number of hydrogen-bond acceptors (Lipinski definition) is 3. The highest BCUT2D eigenvalue weighted by Crippen LogP contribution is 2.17. The van der Waals surface area contributed by atoms with Crippen LogP contribution >= 0.6 is 11.6 Å². The molecule has 1 fully saturated rings. The summed E-state index contributed by atoms with van der Waals surface area (Å²) in [5.41, 5.74) is 0.734. The number of carbonyl (C=O) groups excluding carboxylic acids is 2. The molecule has 1 aliphatic rings. The van der Waals surface area contributed by atoms with Crippen molar-refractivity contribution >= 4 is 29.6 Å². The minimum absolute atomic E-state index is 0.133. The lowest BCUT2D eigenvalue weighted by atomic mass is 9.99. The molecular formula is C17H20ClNO3. The highest BCUT2D eigenvalue weighted by molar-refractivity contribution is 6.32. The maximum absolute atomic E-state index is 11.9. The van der Waals surface area contributed by atoms with Crippen LogP contribution in [-0.4, -0.2) is 36.5 Å². The van der Waals surface area contributed by atoms with Crippen LogP contribution in [0.2, 0.25) is 5.02 Å². The van der Waals surface area contributed by atoms with Gasteiger partial charge in [-0.25, -0.2) is 4.79 Å². The van der Waals surface area contributed by atoms with Crippen LogP contribution < -0.4 is 0 Å². The van der Waals surface area contributed by atoms with Crippen molar-refractivity contribution in [3.63, 3.8) is 0 Å². The van der Waals surface area contributed by atoms with Crippen LogP contribution in [0.1, 0.15) is 25.3 Å². The summed E-state index contributed by atoms with van der Waals surface area (Å²) >= 11 is 5.98. The summed E-state index contributed by atoms with van der Waals surface area (Å²) in [6, 6.07) is 7.19. The molecule has 2 rings (SSSR count). The summed E-state index contributed by atoms with van der Waals surface area (Å²) in [6.07, 6.45) is 4.88. The average Bonchev–Trinajstić information content (AvgIpc) is 2.52. The number of rotatable bonds is 4. The van der Waals surface area contributed by atoms with Gasteiger partial charge in [-0.15, -0.1) is 0 Å². The third-order valence-corrected chi connectivity index (χ3v) is 4.12. The number of ether oxygens (including phenoxy) is 1. The Morgan fingerprint density at radius 3 is 2.68 bits per heavy atom. The molecular weight excluding hydrogens is 302 g/mol. The lowest BCUT2D eigenvalue weighted by molar-refractivity contribution is -0.148. The molecule has 1 heterocycles. The van der Waals surface area contributed by atoms with Crippen LogP contribution in [0.5, 0.6) is 0 Å². The molecule has 4 nitrogen and oxygen atoms in total. The van der Waals surface area contributed by atoms with Crippen LogP contribution in [0.15, 0.2) is 30.3 Å². The lowest BCUT2D eigenvalue weighted by Gasteiger charge is -2.30. The summed E-state index contributed by atoms with van der Waals surface area (Å²) in [5, 5.41) is 0.560. The number of likely N-dealkylation sites (tertiary alicyclic amines) is 1. The Morgan fingerprint density at radius 2 is 2.00 bits per heavy atom. The molecule has 1 aliphatic heterocycles. The summed E-state index contributed by atoms with van der Waals surface area (Å²) in [6.45, 7) is 3.46. The summed E-state index contributed by atoms with van der Waals surface area (Å²) < 4.78 is 4.99. The number of nitrogens with zero attached hydrogens (tertiary/aromatic N) is 1. The lowest BCUT2D eigenvalue weighted by Crippen LogP contribution is -2.40. The smallest absolute Gasteiger partial charge is 0.331 e. The zero-order valence-corrected chi connectivity index (χ0v) is 13.4. The van der Waals surface area contributed by atoms with Gasteiger partial charge >= 0.3 is 5.97 Å².